The van der Waals surface area contributed by atoms with Crippen molar-refractivity contribution < 1.29 is 4.74 Å². The van der Waals surface area contributed by atoms with Crippen LogP contribution in [0.3, 0.4) is 0 Å². The average Bonchev–Trinajstić information content (AvgIpc) is 1.60. The fourth-order valence-electron chi connectivity index (χ4n) is 21.4. The van der Waals surface area contributed by atoms with Gasteiger partial charge in [-0.05, 0) is 151 Å². The minimum atomic E-state index is -2.01. The maximum absolute atomic E-state index is 5.76. The zero-order chi connectivity index (χ0) is 63.5. The molecule has 4 nitrogen and oxygen atoms in total. The van der Waals surface area contributed by atoms with Gasteiger partial charge in [0.15, 0.2) is 0 Å². The van der Waals surface area contributed by atoms with Crippen LogP contribution in [0.5, 0.6) is 5.75 Å². The Kier molecular flexibility index (Phi) is 17.8. The van der Waals surface area contributed by atoms with Crippen molar-refractivity contribution in [2.45, 2.75) is 245 Å². The van der Waals surface area contributed by atoms with Gasteiger partial charge < -0.3 is 18.8 Å². The van der Waals surface area contributed by atoms with Crippen LogP contribution in [-0.2, 0) is 0 Å². The van der Waals surface area contributed by atoms with Crippen molar-refractivity contribution in [2.24, 2.45) is 0 Å². The number of rotatable bonds is 20. The van der Waals surface area contributed by atoms with E-state index in [2.05, 4.69) is 314 Å². The lowest BCUT2D eigenvalue weighted by molar-refractivity contribution is 0.415. The van der Waals surface area contributed by atoms with Crippen LogP contribution >= 0.6 is 0 Å². The van der Waals surface area contributed by atoms with Crippen molar-refractivity contribution in [3.05, 3.63) is 144 Å². The molecule has 6 aromatic carbocycles. The summed E-state index contributed by atoms with van der Waals surface area (Å²) < 4.78 is 10.9. The first-order valence-electron chi connectivity index (χ1n) is 34.2. The van der Waals surface area contributed by atoms with Gasteiger partial charge in [0.2, 0.25) is 0 Å². The molecule has 1 aliphatic heterocycles. The number of benzene rings is 6. The van der Waals surface area contributed by atoms with Crippen molar-refractivity contribution in [1.82, 2.24) is 9.13 Å². The molecule has 0 amide bonds. The molecule has 87 heavy (non-hydrogen) atoms. The molecule has 464 valence electrons. The van der Waals surface area contributed by atoms with Gasteiger partial charge in [-0.3, -0.25) is 0 Å². The third kappa shape index (κ3) is 9.60. The number of hydrogen-bond donors (Lipinski definition) is 0. The lowest BCUT2D eigenvalue weighted by atomic mass is 9.91. The fraction of sp³-hybridized carbons (Fsp3) is 0.494. The molecule has 0 fully saturated rings. The molecule has 2 atom stereocenters. The Balaban J connectivity index is 1.26. The molecule has 2 unspecified atom stereocenters. The predicted octanol–water partition coefficient (Wildman–Crippen LogP) is 22.9. The molecular formula is C79H111N3OSi4. The second-order valence-corrected chi connectivity index (χ2v) is 54.6. The monoisotopic (exact) mass is 1230 g/mol. The van der Waals surface area contributed by atoms with E-state index in [1.807, 2.05) is 0 Å². The Morgan fingerprint density at radius 2 is 0.678 bits per heavy atom. The highest BCUT2D eigenvalue weighted by Crippen LogP contribution is 2.55. The van der Waals surface area contributed by atoms with Crippen LogP contribution in [0.25, 0.3) is 55.0 Å². The number of ether oxygens (including phenoxy) is 1. The minimum Gasteiger partial charge on any atom is -0.497 e. The largest absolute Gasteiger partial charge is 0.497 e. The molecule has 0 N–H and O–H groups in total. The second-order valence-electron chi connectivity index (χ2n) is 31.0. The van der Waals surface area contributed by atoms with Crippen molar-refractivity contribution in [3.8, 4) is 17.1 Å². The Labute approximate surface area is 531 Å². The predicted molar refractivity (Wildman–Crippen MR) is 397 cm³/mol. The van der Waals surface area contributed by atoms with Gasteiger partial charge in [-0.2, -0.15) is 0 Å². The SMILES string of the molecule is COc1ccc(-n2c3ccc(N4c5ccc([Si](C(C)C)(C(C)C)C(C)C)cc5C5C=C([Si](C(C)C)(C(C)C)C(C)C)C=CC54)cc3c3cc(-n4c5ccc([Si](C(C)C)(C(C)C)C(C)C)cc5c5cc([Si](C(C)C)(C(C)C)C(C)C)ccc54)ccc32)cc1. The first-order chi connectivity index (χ1) is 41.0. The standard InChI is InChI=1S/C79H111N3OSi4/c1-48(2)84(49(3)4,50(5)6)64-32-38-76-70(44-64)71-45-65(85(51(7)8,52(9)10)53(11)12)33-39-77(71)81(76)61-28-36-74-68(42-61)69-43-62(29-37-75(69)80(74)60-26-30-63(83-25)31-27-60)82-78-40-34-66(86(54(13)14,55(15)16)56(17)18)46-72(78)73-47-67(35-41-79(73)82)87(57(19)20,58(21)22)59(23)24/h26-59,70,76H,1-25H3. The lowest BCUT2D eigenvalue weighted by Crippen LogP contribution is -2.55. The minimum absolute atomic E-state index is 0.161. The molecule has 0 spiro atoms. The maximum atomic E-state index is 5.76. The van der Waals surface area contributed by atoms with Gasteiger partial charge in [0, 0.05) is 50.2 Å². The Morgan fingerprint density at radius 3 is 1.08 bits per heavy atom. The van der Waals surface area contributed by atoms with Gasteiger partial charge in [-0.1, -0.05) is 242 Å². The molecular weight excluding hydrogens is 1120 g/mol. The summed E-state index contributed by atoms with van der Waals surface area (Å²) in [5.41, 5.74) is 18.9. The molecule has 0 saturated heterocycles. The molecule has 2 aromatic heterocycles. The number of anilines is 2. The van der Waals surface area contributed by atoms with Crippen molar-refractivity contribution >= 4 is 103 Å². The van der Waals surface area contributed by atoms with E-state index in [-0.39, 0.29) is 12.0 Å². The van der Waals surface area contributed by atoms with Crippen molar-refractivity contribution in [1.29, 1.82) is 0 Å². The summed E-state index contributed by atoms with van der Waals surface area (Å²) in [6.07, 6.45) is 8.07. The zero-order valence-corrected chi connectivity index (χ0v) is 62.5. The normalized spacial score (nSPS) is 16.4. The van der Waals surface area contributed by atoms with Crippen molar-refractivity contribution in [3.63, 3.8) is 0 Å². The highest BCUT2D eigenvalue weighted by molar-refractivity contribution is 6.96. The molecule has 2 aliphatic rings. The van der Waals surface area contributed by atoms with E-state index in [0.29, 0.717) is 66.5 Å². The molecule has 3 heterocycles. The summed E-state index contributed by atoms with van der Waals surface area (Å²) in [6.45, 7) is 60.5. The van der Waals surface area contributed by atoms with E-state index >= 15 is 0 Å². The topological polar surface area (TPSA) is 22.3 Å². The Morgan fingerprint density at radius 1 is 0.345 bits per heavy atom. The molecule has 8 heteroatoms. The smallest absolute Gasteiger partial charge is 0.119 e. The molecule has 8 aromatic rings. The first kappa shape index (κ1) is 64.8. The van der Waals surface area contributed by atoms with Crippen LogP contribution in [0, 0.1) is 0 Å². The van der Waals surface area contributed by atoms with Crippen molar-refractivity contribution in [2.75, 3.05) is 12.0 Å². The molecule has 1 aliphatic carbocycles. The third-order valence-corrected chi connectivity index (χ3v) is 52.2. The number of allylic oxidation sites excluding steroid dienone is 2. The number of aromatic nitrogens is 2. The van der Waals surface area contributed by atoms with Gasteiger partial charge in [0.05, 0.1) is 67.5 Å². The maximum Gasteiger partial charge on any atom is 0.119 e. The van der Waals surface area contributed by atoms with Crippen LogP contribution in [0.4, 0.5) is 11.4 Å². The molecule has 10 rings (SSSR count). The van der Waals surface area contributed by atoms with Gasteiger partial charge in [0.25, 0.3) is 0 Å². The molecule has 0 saturated carbocycles. The van der Waals surface area contributed by atoms with Gasteiger partial charge >= 0.3 is 0 Å². The van der Waals surface area contributed by atoms with Gasteiger partial charge in [-0.25, -0.2) is 0 Å². The summed E-state index contributed by atoms with van der Waals surface area (Å²) >= 11 is 0. The average molecular weight is 1230 g/mol. The Bertz CT molecular complexity index is 3720. The zero-order valence-electron chi connectivity index (χ0n) is 58.5. The van der Waals surface area contributed by atoms with Crippen LogP contribution in [0.2, 0.25) is 66.5 Å². The van der Waals surface area contributed by atoms with E-state index in [1.165, 1.54) is 66.2 Å². The summed E-state index contributed by atoms with van der Waals surface area (Å²) in [5, 5.41) is 11.8. The van der Waals surface area contributed by atoms with Crippen LogP contribution in [0.1, 0.15) is 178 Å². The van der Waals surface area contributed by atoms with E-state index in [0.717, 1.165) is 11.4 Å². The summed E-state index contributed by atoms with van der Waals surface area (Å²) in [5.74, 6) is 1.12. The van der Waals surface area contributed by atoms with Gasteiger partial charge in [-0.15, -0.1) is 0 Å². The Hall–Kier alpha value is -5.13. The van der Waals surface area contributed by atoms with E-state index in [1.54, 1.807) is 27.9 Å². The number of methoxy groups -OCH3 is 1. The summed E-state index contributed by atoms with van der Waals surface area (Å²) in [7, 11) is -6.21. The highest BCUT2D eigenvalue weighted by Gasteiger charge is 2.51. The number of fused-ring (bicyclic) bond motifs is 9. The van der Waals surface area contributed by atoms with E-state index in [4.69, 9.17) is 4.74 Å². The van der Waals surface area contributed by atoms with E-state index < -0.39 is 32.3 Å². The second kappa shape index (κ2) is 23.9. The van der Waals surface area contributed by atoms with Crippen LogP contribution in [0.15, 0.2) is 139 Å². The first-order valence-corrected chi connectivity index (χ1v) is 43.1. The van der Waals surface area contributed by atoms with E-state index in [9.17, 15) is 0 Å². The van der Waals surface area contributed by atoms with Gasteiger partial charge in [0.1, 0.15) is 5.75 Å². The quantitative estimate of drug-likeness (QED) is 0.0710. The van der Waals surface area contributed by atoms with Crippen LogP contribution < -0.4 is 25.2 Å². The van der Waals surface area contributed by atoms with Crippen LogP contribution in [-0.4, -0.2) is 54.6 Å². The molecule has 0 radical (unpaired) electrons. The highest BCUT2D eigenvalue weighted by atomic mass is 28.3. The number of hydrogen-bond acceptors (Lipinski definition) is 2. The molecule has 0 bridgehead atoms. The lowest BCUT2D eigenvalue weighted by Gasteiger charge is -2.46. The summed E-state index contributed by atoms with van der Waals surface area (Å²) in [6, 6.07) is 47.1. The number of nitrogens with zero attached hydrogens (tertiary/aromatic N) is 3. The summed E-state index contributed by atoms with van der Waals surface area (Å²) in [4.78, 5) is 2.74. The fourth-order valence-corrected chi connectivity index (χ4v) is 48.6. The third-order valence-electron chi connectivity index (χ3n) is 24.0.